The second-order valence-electron chi connectivity index (χ2n) is 16.9. The molecule has 0 aromatic heterocycles. The van der Waals surface area contributed by atoms with Crippen molar-refractivity contribution in [2.24, 2.45) is 0 Å². The highest BCUT2D eigenvalue weighted by Crippen LogP contribution is 2.46. The van der Waals surface area contributed by atoms with E-state index in [-0.39, 0.29) is 35.2 Å². The molecule has 6 aromatic rings. The van der Waals surface area contributed by atoms with E-state index in [4.69, 9.17) is 23.7 Å². The molecule has 59 heavy (non-hydrogen) atoms. The molecule has 0 aliphatic carbocycles. The Labute approximate surface area is 353 Å². The molecule has 6 aromatic carbocycles. The van der Waals surface area contributed by atoms with Crippen molar-refractivity contribution in [2.45, 2.75) is 116 Å². The Morgan fingerprint density at radius 3 is 1.10 bits per heavy atom. The summed E-state index contributed by atoms with van der Waals surface area (Å²) in [5, 5.41) is 0. The van der Waals surface area contributed by atoms with E-state index in [2.05, 4.69) is 140 Å². The number of benzene rings is 6. The lowest BCUT2D eigenvalue weighted by Crippen LogP contribution is -2.26. The third-order valence-electron chi connectivity index (χ3n) is 11.3. The molecular formula is C54H62O5. The molecule has 0 saturated heterocycles. The molecule has 0 radical (unpaired) electrons. The van der Waals surface area contributed by atoms with E-state index in [1.54, 1.807) is 0 Å². The maximum absolute atomic E-state index is 7.64. The van der Waals surface area contributed by atoms with Gasteiger partial charge in [0.05, 0.1) is 24.4 Å². The van der Waals surface area contributed by atoms with Gasteiger partial charge in [0.25, 0.3) is 0 Å². The molecule has 0 N–H and O–H groups in total. The van der Waals surface area contributed by atoms with E-state index in [0.29, 0.717) is 35.8 Å². The smallest absolute Gasteiger partial charge is 0.169 e. The van der Waals surface area contributed by atoms with Crippen LogP contribution in [0.4, 0.5) is 0 Å². The van der Waals surface area contributed by atoms with Gasteiger partial charge in [-0.2, -0.15) is 0 Å². The van der Waals surface area contributed by atoms with Gasteiger partial charge in [0.2, 0.25) is 0 Å². The zero-order valence-electron chi connectivity index (χ0n) is 36.2. The Morgan fingerprint density at radius 2 is 0.763 bits per heavy atom. The zero-order chi connectivity index (χ0) is 41.8. The molecule has 0 aliphatic heterocycles. The maximum atomic E-state index is 7.64. The molecule has 0 aliphatic rings. The summed E-state index contributed by atoms with van der Waals surface area (Å²) >= 11 is 0. The average Bonchev–Trinajstić information content (AvgIpc) is 3.25. The molecule has 5 heteroatoms. The van der Waals surface area contributed by atoms with Gasteiger partial charge in [-0.25, -0.2) is 0 Å². The van der Waals surface area contributed by atoms with Crippen LogP contribution in [0.2, 0.25) is 0 Å². The molecule has 0 saturated carbocycles. The molecule has 6 rings (SSSR count). The summed E-state index contributed by atoms with van der Waals surface area (Å²) in [6.45, 7) is 17.6. The Kier molecular flexibility index (Phi) is 14.6. The van der Waals surface area contributed by atoms with Gasteiger partial charge in [-0.1, -0.05) is 151 Å². The van der Waals surface area contributed by atoms with Crippen LogP contribution in [0, 0.1) is 0 Å². The number of ether oxygens (including phenoxy) is 5. The fourth-order valence-corrected chi connectivity index (χ4v) is 7.26. The molecule has 4 unspecified atom stereocenters. The molecule has 0 bridgehead atoms. The normalized spacial score (nSPS) is 13.8. The van der Waals surface area contributed by atoms with Gasteiger partial charge in [0.15, 0.2) is 23.0 Å². The van der Waals surface area contributed by atoms with Crippen molar-refractivity contribution >= 4 is 0 Å². The first-order valence-electron chi connectivity index (χ1n) is 21.3. The van der Waals surface area contributed by atoms with Crippen molar-refractivity contribution in [3.05, 3.63) is 180 Å². The lowest BCUT2D eigenvalue weighted by Gasteiger charge is -2.36. The minimum atomic E-state index is -0.341. The van der Waals surface area contributed by atoms with Gasteiger partial charge in [-0.15, -0.1) is 0 Å². The molecule has 0 amide bonds. The van der Waals surface area contributed by atoms with Crippen LogP contribution < -0.4 is 18.9 Å². The first-order valence-corrected chi connectivity index (χ1v) is 21.3. The Morgan fingerprint density at radius 1 is 0.424 bits per heavy atom. The molecular weight excluding hydrogens is 729 g/mol. The van der Waals surface area contributed by atoms with Gasteiger partial charge in [0.1, 0.15) is 11.5 Å². The fraction of sp³-hybridized carbons (Fsp3) is 0.333. The van der Waals surface area contributed by atoms with E-state index in [1.807, 2.05) is 72.8 Å². The molecule has 0 heterocycles. The minimum Gasteiger partial charge on any atom is -0.487 e. The number of para-hydroxylation sites is 2. The summed E-state index contributed by atoms with van der Waals surface area (Å²) in [5.74, 6) is 4.21. The lowest BCUT2D eigenvalue weighted by atomic mass is 9.77. The van der Waals surface area contributed by atoms with Crippen LogP contribution in [0.15, 0.2) is 158 Å². The van der Waals surface area contributed by atoms with Gasteiger partial charge < -0.3 is 23.7 Å². The van der Waals surface area contributed by atoms with Gasteiger partial charge in [-0.05, 0) is 121 Å². The monoisotopic (exact) mass is 790 g/mol. The average molecular weight is 791 g/mol. The van der Waals surface area contributed by atoms with Crippen LogP contribution in [0.3, 0.4) is 0 Å². The van der Waals surface area contributed by atoms with Crippen LogP contribution in [0.1, 0.15) is 116 Å². The third-order valence-corrected chi connectivity index (χ3v) is 11.3. The summed E-state index contributed by atoms with van der Waals surface area (Å²) in [4.78, 5) is 0. The standard InChI is InChI=1S/C54H62O5/c1-9-39(3)55-47-33-31-41(35-49(47)57-45-27-19-13-20-28-45)51(37-53(5,6)43-23-15-11-16-24-43)59-52(38-54(7,8)44-25-17-12-18-26-44)42-32-34-48(56-40(4)10-2)50(36-42)58-46-29-21-14-22-30-46/h11-36,39-40,51-52H,9-10,37-38H2,1-8H3. The van der Waals surface area contributed by atoms with Crippen molar-refractivity contribution in [2.75, 3.05) is 0 Å². The second-order valence-corrected chi connectivity index (χ2v) is 16.9. The summed E-state index contributed by atoms with van der Waals surface area (Å²) in [5.41, 5.74) is 4.03. The van der Waals surface area contributed by atoms with Crippen LogP contribution >= 0.6 is 0 Å². The summed E-state index contributed by atoms with van der Waals surface area (Å²) < 4.78 is 33.8. The van der Waals surface area contributed by atoms with Crippen LogP contribution in [-0.2, 0) is 15.6 Å². The predicted octanol–water partition coefficient (Wildman–Crippen LogP) is 15.2. The minimum absolute atomic E-state index is 0.0206. The highest BCUT2D eigenvalue weighted by molar-refractivity contribution is 5.48. The quantitative estimate of drug-likeness (QED) is 0.0771. The molecule has 308 valence electrons. The lowest BCUT2D eigenvalue weighted by molar-refractivity contribution is -0.0413. The van der Waals surface area contributed by atoms with Gasteiger partial charge >= 0.3 is 0 Å². The van der Waals surface area contributed by atoms with Crippen LogP contribution in [-0.4, -0.2) is 12.2 Å². The first kappa shape index (κ1) is 43.1. The van der Waals surface area contributed by atoms with E-state index in [0.717, 1.165) is 35.5 Å². The topological polar surface area (TPSA) is 46.2 Å². The zero-order valence-corrected chi connectivity index (χ0v) is 36.2. The SMILES string of the molecule is CCC(C)Oc1ccc(C(CC(C)(C)c2ccccc2)OC(CC(C)(C)c2ccccc2)c2ccc(OC(C)CC)c(Oc3ccccc3)c2)cc1Oc1ccccc1. The van der Waals surface area contributed by atoms with Gasteiger partial charge in [0, 0.05) is 0 Å². The first-order chi connectivity index (χ1) is 28.4. The van der Waals surface area contributed by atoms with Crippen molar-refractivity contribution < 1.29 is 23.7 Å². The fourth-order valence-electron chi connectivity index (χ4n) is 7.26. The number of hydrogen-bond donors (Lipinski definition) is 0. The number of rotatable bonds is 20. The van der Waals surface area contributed by atoms with Crippen LogP contribution in [0.5, 0.6) is 34.5 Å². The number of hydrogen-bond acceptors (Lipinski definition) is 5. The summed E-state index contributed by atoms with van der Waals surface area (Å²) in [7, 11) is 0. The largest absolute Gasteiger partial charge is 0.487 e. The molecule has 4 atom stereocenters. The van der Waals surface area contributed by atoms with Crippen molar-refractivity contribution in [3.8, 4) is 34.5 Å². The van der Waals surface area contributed by atoms with E-state index in [1.165, 1.54) is 11.1 Å². The summed E-state index contributed by atoms with van der Waals surface area (Å²) in [6, 6.07) is 53.8. The summed E-state index contributed by atoms with van der Waals surface area (Å²) in [6.07, 6.45) is 2.52. The predicted molar refractivity (Wildman–Crippen MR) is 241 cm³/mol. The molecule has 0 spiro atoms. The highest BCUT2D eigenvalue weighted by Gasteiger charge is 2.34. The molecule has 5 nitrogen and oxygen atoms in total. The highest BCUT2D eigenvalue weighted by atomic mass is 16.5. The van der Waals surface area contributed by atoms with Crippen LogP contribution in [0.25, 0.3) is 0 Å². The van der Waals surface area contributed by atoms with Gasteiger partial charge in [-0.3, -0.25) is 0 Å². The second kappa shape index (κ2) is 20.0. The van der Waals surface area contributed by atoms with Crippen molar-refractivity contribution in [1.82, 2.24) is 0 Å². The Bertz CT molecular complexity index is 2010. The maximum Gasteiger partial charge on any atom is 0.169 e. The Hall–Kier alpha value is -5.52. The van der Waals surface area contributed by atoms with E-state index in [9.17, 15) is 0 Å². The van der Waals surface area contributed by atoms with Crippen molar-refractivity contribution in [1.29, 1.82) is 0 Å². The van der Waals surface area contributed by atoms with Crippen molar-refractivity contribution in [3.63, 3.8) is 0 Å². The van der Waals surface area contributed by atoms with E-state index < -0.39 is 0 Å². The van der Waals surface area contributed by atoms with E-state index >= 15 is 0 Å². The molecule has 0 fully saturated rings. The Balaban J connectivity index is 1.48. The third kappa shape index (κ3) is 11.8.